The van der Waals surface area contributed by atoms with Crippen molar-refractivity contribution in [2.45, 2.75) is 0 Å². The van der Waals surface area contributed by atoms with E-state index in [9.17, 15) is 0 Å². The van der Waals surface area contributed by atoms with Crippen LogP contribution in [0.15, 0.2) is 0 Å². The molecule has 0 saturated carbocycles. The topological polar surface area (TPSA) is 60.9 Å². The lowest BCUT2D eigenvalue weighted by atomic mass is 10.6. The summed E-state index contributed by atoms with van der Waals surface area (Å²) in [6, 6.07) is 0. The molecule has 1 fully saturated rings. The van der Waals surface area contributed by atoms with Crippen molar-refractivity contribution in [3.63, 3.8) is 0 Å². The van der Waals surface area contributed by atoms with Crippen LogP contribution in [0, 0.1) is 0 Å². The zero-order chi connectivity index (χ0) is 10.6. The molecule has 15 heavy (non-hydrogen) atoms. The highest BCUT2D eigenvalue weighted by Gasteiger charge is 1.97. The van der Waals surface area contributed by atoms with E-state index in [0.717, 1.165) is 52.6 Å². The second-order valence-corrected chi connectivity index (χ2v) is 3.57. The number of ether oxygens (including phenoxy) is 3. The Morgan fingerprint density at radius 3 is 1.20 bits per heavy atom. The molecular formula is C10H24N2O3+2. The first kappa shape index (κ1) is 12.9. The van der Waals surface area contributed by atoms with Gasteiger partial charge in [-0.3, -0.25) is 0 Å². The van der Waals surface area contributed by atoms with Gasteiger partial charge in [0.25, 0.3) is 0 Å². The lowest BCUT2D eigenvalue weighted by Gasteiger charge is -2.04. The Hall–Kier alpha value is -0.200. The lowest BCUT2D eigenvalue weighted by molar-refractivity contribution is -0.663. The summed E-state index contributed by atoms with van der Waals surface area (Å²) in [5.41, 5.74) is 0. The molecule has 0 radical (unpaired) electrons. The molecule has 0 unspecified atom stereocenters. The number of hydrogen-bond donors (Lipinski definition) is 2. The Morgan fingerprint density at radius 1 is 0.467 bits per heavy atom. The molecule has 0 aliphatic carbocycles. The largest absolute Gasteiger partial charge is 0.373 e. The molecule has 5 heteroatoms. The third kappa shape index (κ3) is 8.77. The number of rotatable bonds is 0. The predicted octanol–water partition coefficient (Wildman–Crippen LogP) is -2.82. The van der Waals surface area contributed by atoms with Crippen molar-refractivity contribution < 1.29 is 24.8 Å². The SMILES string of the molecule is C1COCC[NH2+]CCOCCOCC[NH2+]1. The van der Waals surface area contributed by atoms with E-state index in [2.05, 4.69) is 10.6 Å². The molecular weight excluding hydrogens is 196 g/mol. The number of nitrogens with two attached hydrogens (primary N) is 2. The molecule has 0 aromatic carbocycles. The average molecular weight is 220 g/mol. The molecule has 1 aliphatic rings. The van der Waals surface area contributed by atoms with Crippen molar-refractivity contribution >= 4 is 0 Å². The maximum Gasteiger partial charge on any atom is 0.0993 e. The highest BCUT2D eigenvalue weighted by molar-refractivity contribution is 4.33. The molecule has 5 nitrogen and oxygen atoms in total. The summed E-state index contributed by atoms with van der Waals surface area (Å²) in [7, 11) is 0. The van der Waals surface area contributed by atoms with E-state index in [0.29, 0.717) is 13.2 Å². The summed E-state index contributed by atoms with van der Waals surface area (Å²) in [5, 5.41) is 4.45. The molecule has 0 atom stereocenters. The van der Waals surface area contributed by atoms with Gasteiger partial charge in [0, 0.05) is 0 Å². The van der Waals surface area contributed by atoms with Crippen LogP contribution in [0.2, 0.25) is 0 Å². The standard InChI is InChI=1S/C10H22N2O3/c1-5-13-6-2-12-4-8-15-10-9-14-7-3-11-1/h11-12H,1-10H2/p+2. The summed E-state index contributed by atoms with van der Waals surface area (Å²) >= 11 is 0. The van der Waals surface area contributed by atoms with Gasteiger partial charge in [0.15, 0.2) is 0 Å². The van der Waals surface area contributed by atoms with E-state index in [1.165, 1.54) is 0 Å². The molecule has 0 spiro atoms. The molecule has 1 heterocycles. The van der Waals surface area contributed by atoms with Crippen molar-refractivity contribution in [2.24, 2.45) is 0 Å². The van der Waals surface area contributed by atoms with Crippen molar-refractivity contribution in [2.75, 3.05) is 65.8 Å². The second-order valence-electron chi connectivity index (χ2n) is 3.57. The quantitative estimate of drug-likeness (QED) is 0.463. The molecule has 0 aromatic heterocycles. The summed E-state index contributed by atoms with van der Waals surface area (Å²) in [5.74, 6) is 0. The van der Waals surface area contributed by atoms with Crippen molar-refractivity contribution in [1.29, 1.82) is 0 Å². The van der Waals surface area contributed by atoms with E-state index in [1.807, 2.05) is 0 Å². The number of quaternary nitrogens is 2. The van der Waals surface area contributed by atoms with Gasteiger partial charge < -0.3 is 24.8 Å². The Bertz CT molecular complexity index is 77.2. The van der Waals surface area contributed by atoms with Gasteiger partial charge in [0.2, 0.25) is 0 Å². The fourth-order valence-electron chi connectivity index (χ4n) is 1.38. The molecule has 1 saturated heterocycles. The fraction of sp³-hybridized carbons (Fsp3) is 1.00. The van der Waals surface area contributed by atoms with Crippen molar-refractivity contribution in [3.8, 4) is 0 Å². The molecule has 4 N–H and O–H groups in total. The van der Waals surface area contributed by atoms with E-state index in [4.69, 9.17) is 14.2 Å². The summed E-state index contributed by atoms with van der Waals surface area (Å²) in [6.45, 7) is 8.78. The number of hydrogen-bond acceptors (Lipinski definition) is 3. The van der Waals surface area contributed by atoms with Gasteiger partial charge in [-0.25, -0.2) is 0 Å². The maximum atomic E-state index is 5.47. The second kappa shape index (κ2) is 10.3. The van der Waals surface area contributed by atoms with Crippen LogP contribution >= 0.6 is 0 Å². The predicted molar refractivity (Wildman–Crippen MR) is 55.8 cm³/mol. The molecule has 0 amide bonds. The monoisotopic (exact) mass is 220 g/mol. The minimum atomic E-state index is 0.713. The molecule has 0 aromatic rings. The van der Waals surface area contributed by atoms with E-state index in [-0.39, 0.29) is 0 Å². The zero-order valence-corrected chi connectivity index (χ0v) is 9.45. The van der Waals surface area contributed by atoms with Gasteiger partial charge in [0.1, 0.15) is 0 Å². The van der Waals surface area contributed by atoms with Gasteiger partial charge in [-0.2, -0.15) is 0 Å². The van der Waals surface area contributed by atoms with Gasteiger partial charge in [-0.15, -0.1) is 0 Å². The third-order valence-corrected chi connectivity index (χ3v) is 2.24. The fourth-order valence-corrected chi connectivity index (χ4v) is 1.38. The van der Waals surface area contributed by atoms with Gasteiger partial charge in [-0.1, -0.05) is 0 Å². The normalized spacial score (nSPS) is 24.0. The van der Waals surface area contributed by atoms with Crippen LogP contribution in [0.5, 0.6) is 0 Å². The lowest BCUT2D eigenvalue weighted by Crippen LogP contribution is -2.86. The summed E-state index contributed by atoms with van der Waals surface area (Å²) < 4.78 is 16.3. The third-order valence-electron chi connectivity index (χ3n) is 2.24. The Kier molecular flexibility index (Phi) is 8.85. The highest BCUT2D eigenvalue weighted by Crippen LogP contribution is 1.76. The maximum absolute atomic E-state index is 5.47. The minimum Gasteiger partial charge on any atom is -0.373 e. The van der Waals surface area contributed by atoms with E-state index >= 15 is 0 Å². The van der Waals surface area contributed by atoms with Gasteiger partial charge in [-0.05, 0) is 0 Å². The van der Waals surface area contributed by atoms with Crippen molar-refractivity contribution in [3.05, 3.63) is 0 Å². The van der Waals surface area contributed by atoms with Crippen LogP contribution in [-0.4, -0.2) is 65.8 Å². The molecule has 90 valence electrons. The first-order chi connectivity index (χ1) is 7.50. The summed E-state index contributed by atoms with van der Waals surface area (Å²) in [4.78, 5) is 0. The first-order valence-corrected chi connectivity index (χ1v) is 5.87. The van der Waals surface area contributed by atoms with Crippen molar-refractivity contribution in [1.82, 2.24) is 0 Å². The first-order valence-electron chi connectivity index (χ1n) is 5.87. The van der Waals surface area contributed by atoms with Crippen LogP contribution in [0.4, 0.5) is 0 Å². The highest BCUT2D eigenvalue weighted by atomic mass is 16.5. The van der Waals surface area contributed by atoms with E-state index < -0.39 is 0 Å². The van der Waals surface area contributed by atoms with Gasteiger partial charge >= 0.3 is 0 Å². The zero-order valence-electron chi connectivity index (χ0n) is 9.45. The van der Waals surface area contributed by atoms with Crippen LogP contribution in [0.25, 0.3) is 0 Å². The Labute approximate surface area is 91.5 Å². The van der Waals surface area contributed by atoms with Gasteiger partial charge in [0.05, 0.1) is 65.8 Å². The van der Waals surface area contributed by atoms with Crippen LogP contribution in [-0.2, 0) is 14.2 Å². The smallest absolute Gasteiger partial charge is 0.0993 e. The Morgan fingerprint density at radius 2 is 0.800 bits per heavy atom. The van der Waals surface area contributed by atoms with Crippen LogP contribution < -0.4 is 10.6 Å². The molecule has 0 bridgehead atoms. The van der Waals surface area contributed by atoms with Crippen LogP contribution in [0.3, 0.4) is 0 Å². The molecule has 1 aliphatic heterocycles. The summed E-state index contributed by atoms with van der Waals surface area (Å²) in [6.07, 6.45) is 0. The van der Waals surface area contributed by atoms with Crippen LogP contribution in [0.1, 0.15) is 0 Å². The average Bonchev–Trinajstić information content (AvgIpc) is 2.27. The minimum absolute atomic E-state index is 0.713. The Balaban J connectivity index is 2.01. The van der Waals surface area contributed by atoms with E-state index in [1.54, 1.807) is 0 Å². The molecule has 1 rings (SSSR count).